The average Bonchev–Trinajstić information content (AvgIpc) is 0.749. The minimum atomic E-state index is 0.279. The van der Waals surface area contributed by atoms with Crippen molar-refractivity contribution in [3.63, 3.8) is 0 Å². The summed E-state index contributed by atoms with van der Waals surface area (Å²) in [5.41, 5.74) is 21.5. The molecule has 0 atom stereocenters. The van der Waals surface area contributed by atoms with Gasteiger partial charge in [0, 0.05) is 16.9 Å². The lowest BCUT2D eigenvalue weighted by atomic mass is 9.45. The molecule has 15 aromatic carbocycles. The molecule has 0 N–H and O–H groups in total. The molecule has 10 heterocycles. The monoisotopic (exact) mass is 1400 g/mol. The molecule has 25 rings (SSSR count). The normalized spacial score (nSPS) is 15.0. The molecule has 0 spiro atoms. The molecule has 0 amide bonds. The van der Waals surface area contributed by atoms with Crippen molar-refractivity contribution in [2.45, 2.75) is 0 Å². The lowest BCUT2D eigenvalue weighted by molar-refractivity contribution is 0.798. The van der Waals surface area contributed by atoms with E-state index in [1.807, 2.05) is 0 Å². The molecule has 0 aromatic heterocycles. The van der Waals surface area contributed by atoms with Crippen molar-refractivity contribution in [2.75, 3.05) is 9.62 Å². The molecule has 0 saturated heterocycles. The fourth-order valence-electron chi connectivity index (χ4n) is 18.2. The predicted octanol–water partition coefficient (Wildman–Crippen LogP) is 19.7. The van der Waals surface area contributed by atoms with Gasteiger partial charge < -0.3 is 24.1 Å². The van der Waals surface area contributed by atoms with Gasteiger partial charge in [-0.2, -0.15) is 0 Å². The zero-order valence-electron chi connectivity index (χ0n) is 60.5. The van der Waals surface area contributed by atoms with Crippen LogP contribution in [0.1, 0.15) is 33.4 Å². The van der Waals surface area contributed by atoms with Gasteiger partial charge in [-0.1, -0.05) is 291 Å². The van der Waals surface area contributed by atoms with E-state index in [0.29, 0.717) is 20.5 Å². The van der Waals surface area contributed by atoms with E-state index in [2.05, 4.69) is 450 Å². The van der Waals surface area contributed by atoms with Gasteiger partial charge in [-0.05, 0) is 282 Å². The number of para-hydroxylation sites is 2. The number of nitrogens with zero attached hydrogens (tertiary/aromatic N) is 5. The lowest BCUT2D eigenvalue weighted by Crippen LogP contribution is -2.56. The van der Waals surface area contributed by atoms with Crippen LogP contribution in [0.4, 0.5) is 11.4 Å². The van der Waals surface area contributed by atoms with Crippen LogP contribution >= 0.6 is 0 Å². The highest BCUT2D eigenvalue weighted by Gasteiger charge is 2.37. The molecule has 0 unspecified atom stereocenters. The number of anilines is 2. The molecular formula is C100H70B5N5. The summed E-state index contributed by atoms with van der Waals surface area (Å²) in [4.78, 5) is 11.6. The summed E-state index contributed by atoms with van der Waals surface area (Å²) in [5.74, 6) is 9.15. The first-order valence-corrected chi connectivity index (χ1v) is 38.3. The van der Waals surface area contributed by atoms with Crippen LogP contribution in [-0.4, -0.2) is 48.7 Å². The summed E-state index contributed by atoms with van der Waals surface area (Å²) in [5, 5.41) is 18.5. The quantitative estimate of drug-likeness (QED) is 0.0852. The molecule has 510 valence electrons. The summed E-state index contributed by atoms with van der Waals surface area (Å²) >= 11 is 0. The topological polar surface area (TPSA) is 16.2 Å². The van der Waals surface area contributed by atoms with Gasteiger partial charge >= 0.3 is 34.2 Å². The maximum atomic E-state index is 2.38. The van der Waals surface area contributed by atoms with E-state index >= 15 is 0 Å². The smallest absolute Gasteiger partial charge is 0.328 e. The Morgan fingerprint density at radius 2 is 0.682 bits per heavy atom. The maximum absolute atomic E-state index is 2.38. The van der Waals surface area contributed by atoms with Crippen LogP contribution < -0.4 is 42.4 Å². The number of benzene rings is 15. The zero-order valence-corrected chi connectivity index (χ0v) is 60.5. The Bertz CT molecular complexity index is 6670. The molecule has 10 heteroatoms. The molecule has 0 fully saturated rings. The number of rotatable bonds is 0. The zero-order chi connectivity index (χ0) is 72.6. The predicted molar refractivity (Wildman–Crippen MR) is 479 cm³/mol. The van der Waals surface area contributed by atoms with Gasteiger partial charge in [-0.15, -0.1) is 0 Å². The van der Waals surface area contributed by atoms with Gasteiger partial charge in [0.1, 0.15) is 0 Å². The standard InChI is InChI=1S/5C20H14BN/c1-2-8-16-15(7-1)11-12-18-17-9-3-4-10-19(17)22-14-6-5-13-21(22)20(16)18;1-2-7-17-14-19-18(13-16(17)6-1)10-12-22-20-8-4-3-5-15(20)9-11-21(19)22;1-2-7-17-14-20-18(13-16(17)6-1)10-12-22-11-9-15-5-3-4-8-19(15)21(20)22;1-2-6-17-15(5-1)7-10-19-18(17)9-8-16-11-14-22-13-4-3-12-21(22)20(16)19;1-2-6-17-14-19-18(13-16(17)5-1)8-7-15-9-12-22-11-4-3-10-21(22)20(15)19/h5*1-14H. The third-order valence-corrected chi connectivity index (χ3v) is 23.4. The number of allylic oxidation sites excluding steroid dienone is 6. The van der Waals surface area contributed by atoms with E-state index in [1.54, 1.807) is 0 Å². The largest absolute Gasteiger partial charge is 0.389 e. The second-order valence-electron chi connectivity index (χ2n) is 29.5. The molecule has 110 heavy (non-hydrogen) atoms. The third kappa shape index (κ3) is 11.3. The van der Waals surface area contributed by atoms with Gasteiger partial charge in [-0.25, -0.2) is 0 Å². The van der Waals surface area contributed by atoms with Crippen LogP contribution in [0.15, 0.2) is 389 Å². The summed E-state index contributed by atoms with van der Waals surface area (Å²) in [6.45, 7) is 1.45. The van der Waals surface area contributed by atoms with Gasteiger partial charge in [0.15, 0.2) is 0 Å². The van der Waals surface area contributed by atoms with Crippen molar-refractivity contribution in [1.29, 1.82) is 0 Å². The lowest BCUT2D eigenvalue weighted by Gasteiger charge is -2.36. The van der Waals surface area contributed by atoms with Crippen LogP contribution in [0.3, 0.4) is 0 Å². The maximum Gasteiger partial charge on any atom is 0.328 e. The van der Waals surface area contributed by atoms with E-state index in [-0.39, 0.29) is 13.7 Å². The van der Waals surface area contributed by atoms with Gasteiger partial charge in [0.2, 0.25) is 0 Å². The van der Waals surface area contributed by atoms with Crippen molar-refractivity contribution < 1.29 is 0 Å². The molecule has 5 nitrogen and oxygen atoms in total. The molecule has 0 aliphatic carbocycles. The Hall–Kier alpha value is -13.7. The number of hydrogen-bond donors (Lipinski definition) is 0. The number of hydrogen-bond acceptors (Lipinski definition) is 5. The van der Waals surface area contributed by atoms with Crippen LogP contribution in [0.25, 0.3) is 123 Å². The highest BCUT2D eigenvalue weighted by molar-refractivity contribution is 6.87. The highest BCUT2D eigenvalue weighted by Crippen LogP contribution is 2.39. The highest BCUT2D eigenvalue weighted by atomic mass is 15.1. The summed E-state index contributed by atoms with van der Waals surface area (Å²) in [6.07, 6.45) is 43.4. The van der Waals surface area contributed by atoms with Gasteiger partial charge in [0.05, 0.1) is 0 Å². The van der Waals surface area contributed by atoms with Crippen molar-refractivity contribution in [3.8, 4) is 11.1 Å². The Morgan fingerprint density at radius 1 is 0.200 bits per heavy atom. The minimum absolute atomic E-state index is 0.279. The van der Waals surface area contributed by atoms with Crippen molar-refractivity contribution in [3.05, 3.63) is 422 Å². The summed E-state index contributed by atoms with van der Waals surface area (Å²) in [6, 6.07) is 101. The van der Waals surface area contributed by atoms with Crippen molar-refractivity contribution >= 4 is 190 Å². The summed E-state index contributed by atoms with van der Waals surface area (Å²) in [7, 11) is 0. The molecule has 0 radical (unpaired) electrons. The van der Waals surface area contributed by atoms with E-state index in [9.17, 15) is 0 Å². The Labute approximate surface area is 643 Å². The van der Waals surface area contributed by atoms with E-state index in [0.717, 1.165) is 0 Å². The fraction of sp³-hybridized carbons (Fsp3) is 0. The van der Waals surface area contributed by atoms with Crippen LogP contribution in [0.2, 0.25) is 0 Å². The molecule has 0 saturated carbocycles. The molecule has 15 aromatic rings. The Balaban J connectivity index is 0.0000000873. The second kappa shape index (κ2) is 27.3. The summed E-state index contributed by atoms with van der Waals surface area (Å²) < 4.78 is 0. The van der Waals surface area contributed by atoms with Crippen LogP contribution in [-0.2, 0) is 0 Å². The molecule has 10 aliphatic heterocycles. The SMILES string of the molecule is C1=CB2c3c(ccc4c3ccc3ccccc34)C=CN2C=C1.C1=CB2c3c(ccc4cc5ccccc5cc34)C=CN2C=C1.C1=CB2c3c(ccc4ccccc34)-c3ccccc3N2C=C1.C1=CN2C=Cc3cc4ccccc4cc3B2c2ccccc21.C1=Cc2ccccc2N2C=Cc3cc4ccccc4cc3B12. The molecule has 10 aliphatic rings. The van der Waals surface area contributed by atoms with E-state index in [1.165, 1.54) is 164 Å². The van der Waals surface area contributed by atoms with Crippen LogP contribution in [0.5, 0.6) is 0 Å². The third-order valence-electron chi connectivity index (χ3n) is 23.4. The first kappa shape index (κ1) is 64.7. The molecular weight excluding hydrogens is 1330 g/mol. The van der Waals surface area contributed by atoms with Crippen LogP contribution in [0, 0.1) is 0 Å². The number of fused-ring (bicyclic) bond motifs is 33. The Morgan fingerprint density at radius 3 is 1.41 bits per heavy atom. The average molecular weight is 1400 g/mol. The minimum Gasteiger partial charge on any atom is -0.389 e. The van der Waals surface area contributed by atoms with E-state index in [4.69, 9.17) is 0 Å². The Kier molecular flexibility index (Phi) is 16.0. The van der Waals surface area contributed by atoms with Gasteiger partial charge in [0.25, 0.3) is 0 Å². The van der Waals surface area contributed by atoms with E-state index < -0.39 is 0 Å². The fourth-order valence-corrected chi connectivity index (χ4v) is 18.2. The first-order chi connectivity index (χ1) is 54.5. The van der Waals surface area contributed by atoms with Gasteiger partial charge in [-0.3, -0.25) is 0 Å². The van der Waals surface area contributed by atoms with Crippen molar-refractivity contribution in [1.82, 2.24) is 14.4 Å². The molecule has 0 bridgehead atoms. The van der Waals surface area contributed by atoms with Crippen molar-refractivity contribution in [2.24, 2.45) is 0 Å². The first-order valence-electron chi connectivity index (χ1n) is 38.3. The second-order valence-corrected chi connectivity index (χ2v) is 29.5.